The van der Waals surface area contributed by atoms with E-state index < -0.39 is 22.0 Å². The van der Waals surface area contributed by atoms with Gasteiger partial charge >= 0.3 is 5.97 Å². The molecule has 16 heavy (non-hydrogen) atoms. The summed E-state index contributed by atoms with van der Waals surface area (Å²) in [6, 6.07) is 6.79. The fourth-order valence-corrected chi connectivity index (χ4v) is 2.43. The summed E-state index contributed by atoms with van der Waals surface area (Å²) in [5.74, 6) is -0.249. The van der Waals surface area contributed by atoms with Gasteiger partial charge in [-0.25, -0.2) is 0 Å². The second kappa shape index (κ2) is 5.65. The lowest BCUT2D eigenvalue weighted by Crippen LogP contribution is -2.15. The molecule has 0 spiro atoms. The Morgan fingerprint density at radius 3 is 2.44 bits per heavy atom. The first kappa shape index (κ1) is 12.7. The first-order chi connectivity index (χ1) is 7.54. The van der Waals surface area contributed by atoms with Crippen LogP contribution in [0.2, 0.25) is 0 Å². The van der Waals surface area contributed by atoms with Gasteiger partial charge in [-0.05, 0) is 31.2 Å². The van der Waals surface area contributed by atoms with Crippen LogP contribution in [0, 0.1) is 0 Å². The predicted molar refractivity (Wildman–Crippen MR) is 61.1 cm³/mol. The first-order valence-electron chi connectivity index (χ1n) is 4.81. The zero-order valence-corrected chi connectivity index (χ0v) is 9.99. The molecule has 0 aliphatic heterocycles. The molecule has 0 saturated heterocycles. The highest BCUT2D eigenvalue weighted by molar-refractivity contribution is 7.85. The smallest absolute Gasteiger partial charge is 0.304 e. The van der Waals surface area contributed by atoms with Gasteiger partial charge in [0.05, 0.1) is 24.3 Å². The van der Waals surface area contributed by atoms with Crippen molar-refractivity contribution in [2.24, 2.45) is 0 Å². The van der Waals surface area contributed by atoms with Crippen molar-refractivity contribution in [3.8, 4) is 5.75 Å². The van der Waals surface area contributed by atoms with Gasteiger partial charge in [0.25, 0.3) is 0 Å². The second-order valence-electron chi connectivity index (χ2n) is 3.38. The van der Waals surface area contributed by atoms with Crippen molar-refractivity contribution in [1.82, 2.24) is 0 Å². The quantitative estimate of drug-likeness (QED) is 0.853. The average Bonchev–Trinajstić information content (AvgIpc) is 2.27. The van der Waals surface area contributed by atoms with Gasteiger partial charge in [0, 0.05) is 10.1 Å². The zero-order valence-electron chi connectivity index (χ0n) is 9.17. The van der Waals surface area contributed by atoms with Crippen LogP contribution >= 0.6 is 0 Å². The number of hydrogen-bond acceptors (Lipinski definition) is 3. The van der Waals surface area contributed by atoms with Crippen LogP contribution in [0.1, 0.15) is 13.3 Å². The van der Waals surface area contributed by atoms with Gasteiger partial charge in [-0.3, -0.25) is 9.00 Å². The topological polar surface area (TPSA) is 63.6 Å². The fourth-order valence-electron chi connectivity index (χ4n) is 1.26. The Bertz CT molecular complexity index is 385. The summed E-state index contributed by atoms with van der Waals surface area (Å²) < 4.78 is 16.9. The maximum Gasteiger partial charge on any atom is 0.304 e. The van der Waals surface area contributed by atoms with Gasteiger partial charge in [0.2, 0.25) is 0 Å². The molecule has 0 bridgehead atoms. The molecule has 4 nitrogen and oxygen atoms in total. The summed E-state index contributed by atoms with van der Waals surface area (Å²) >= 11 is 0. The van der Waals surface area contributed by atoms with Crippen molar-refractivity contribution in [2.75, 3.05) is 7.11 Å². The number of carbonyl (C=O) groups is 1. The number of ether oxygens (including phenoxy) is 1. The van der Waals surface area contributed by atoms with Gasteiger partial charge < -0.3 is 9.84 Å². The number of carboxylic acid groups (broad SMARTS) is 1. The molecule has 1 rings (SSSR count). The number of methoxy groups -OCH3 is 1. The number of benzene rings is 1. The lowest BCUT2D eigenvalue weighted by Gasteiger charge is -2.09. The number of rotatable bonds is 5. The minimum absolute atomic E-state index is 0.0986. The molecule has 0 heterocycles. The number of aliphatic carboxylic acids is 1. The molecule has 0 fully saturated rings. The van der Waals surface area contributed by atoms with Crippen LogP contribution in [0.5, 0.6) is 5.75 Å². The zero-order chi connectivity index (χ0) is 12.1. The Balaban J connectivity index is 2.75. The molecule has 0 radical (unpaired) electrons. The first-order valence-corrected chi connectivity index (χ1v) is 6.02. The summed E-state index contributed by atoms with van der Waals surface area (Å²) in [4.78, 5) is 11.1. The molecule has 88 valence electrons. The van der Waals surface area contributed by atoms with E-state index in [1.165, 1.54) is 0 Å². The predicted octanol–water partition coefficient (Wildman–Crippen LogP) is 1.67. The van der Waals surface area contributed by atoms with Crippen molar-refractivity contribution in [3.05, 3.63) is 24.3 Å². The van der Waals surface area contributed by atoms with Crippen LogP contribution in [-0.4, -0.2) is 27.6 Å². The third-order valence-corrected chi connectivity index (χ3v) is 3.75. The van der Waals surface area contributed by atoms with Crippen molar-refractivity contribution < 1.29 is 18.8 Å². The van der Waals surface area contributed by atoms with Crippen molar-refractivity contribution in [2.45, 2.75) is 23.5 Å². The van der Waals surface area contributed by atoms with E-state index in [4.69, 9.17) is 9.84 Å². The maximum atomic E-state index is 11.9. The highest BCUT2D eigenvalue weighted by Crippen LogP contribution is 2.17. The van der Waals surface area contributed by atoms with Crippen LogP contribution in [0.15, 0.2) is 29.2 Å². The van der Waals surface area contributed by atoms with E-state index in [0.717, 1.165) is 0 Å². The molecule has 0 saturated carbocycles. The fraction of sp³-hybridized carbons (Fsp3) is 0.364. The third-order valence-electron chi connectivity index (χ3n) is 2.12. The Kier molecular flexibility index (Phi) is 4.49. The SMILES string of the molecule is COc1ccc(S(=O)C(C)CC(=O)O)cc1. The van der Waals surface area contributed by atoms with Crippen molar-refractivity contribution in [3.63, 3.8) is 0 Å². The molecule has 0 aliphatic rings. The third kappa shape index (κ3) is 3.34. The summed E-state index contributed by atoms with van der Waals surface area (Å²) in [5.41, 5.74) is 0. The minimum atomic E-state index is -1.30. The molecule has 0 amide bonds. The van der Waals surface area contributed by atoms with Gasteiger partial charge in [0.15, 0.2) is 0 Å². The van der Waals surface area contributed by atoms with Crippen LogP contribution in [-0.2, 0) is 15.6 Å². The van der Waals surface area contributed by atoms with Gasteiger partial charge in [-0.1, -0.05) is 0 Å². The van der Waals surface area contributed by atoms with Gasteiger partial charge in [-0.15, -0.1) is 0 Å². The van der Waals surface area contributed by atoms with Crippen LogP contribution in [0.25, 0.3) is 0 Å². The summed E-state index contributed by atoms with van der Waals surface area (Å²) in [5, 5.41) is 8.21. The average molecular weight is 242 g/mol. The van der Waals surface area contributed by atoms with Crippen molar-refractivity contribution >= 4 is 16.8 Å². The monoisotopic (exact) mass is 242 g/mol. The lowest BCUT2D eigenvalue weighted by atomic mass is 10.3. The lowest BCUT2D eigenvalue weighted by molar-refractivity contribution is -0.136. The maximum absolute atomic E-state index is 11.9. The van der Waals surface area contributed by atoms with E-state index in [0.29, 0.717) is 10.6 Å². The van der Waals surface area contributed by atoms with E-state index >= 15 is 0 Å². The molecule has 1 aromatic rings. The molecule has 2 unspecified atom stereocenters. The van der Waals surface area contributed by atoms with Crippen molar-refractivity contribution in [1.29, 1.82) is 0 Å². The van der Waals surface area contributed by atoms with Gasteiger partial charge in [0.1, 0.15) is 5.75 Å². The molecular formula is C11H14O4S. The molecule has 1 N–H and O–H groups in total. The molecule has 5 heteroatoms. The highest BCUT2D eigenvalue weighted by atomic mass is 32.2. The molecule has 0 aliphatic carbocycles. The van der Waals surface area contributed by atoms with E-state index in [1.54, 1.807) is 38.3 Å². The van der Waals surface area contributed by atoms with Gasteiger partial charge in [-0.2, -0.15) is 0 Å². The molecule has 1 aromatic carbocycles. The van der Waals surface area contributed by atoms with Crippen LogP contribution in [0.3, 0.4) is 0 Å². The number of carboxylic acids is 1. The largest absolute Gasteiger partial charge is 0.497 e. The highest BCUT2D eigenvalue weighted by Gasteiger charge is 2.16. The van der Waals surface area contributed by atoms with E-state index in [2.05, 4.69) is 0 Å². The van der Waals surface area contributed by atoms with E-state index in [-0.39, 0.29) is 6.42 Å². The normalized spacial score (nSPS) is 14.1. The van der Waals surface area contributed by atoms with E-state index in [1.807, 2.05) is 0 Å². The second-order valence-corrected chi connectivity index (χ2v) is 5.25. The summed E-state index contributed by atoms with van der Waals surface area (Å²) in [6.07, 6.45) is -0.0986. The van der Waals surface area contributed by atoms with Crippen LogP contribution in [0.4, 0.5) is 0 Å². The summed E-state index contributed by atoms with van der Waals surface area (Å²) in [7, 11) is 0.259. The Morgan fingerprint density at radius 1 is 1.44 bits per heavy atom. The standard InChI is InChI=1S/C11H14O4S/c1-8(7-11(12)13)16(14)10-5-3-9(15-2)4-6-10/h3-6,8H,7H2,1-2H3,(H,12,13). The minimum Gasteiger partial charge on any atom is -0.497 e. The molecular weight excluding hydrogens is 228 g/mol. The number of hydrogen-bond donors (Lipinski definition) is 1. The van der Waals surface area contributed by atoms with E-state index in [9.17, 15) is 9.00 Å². The Morgan fingerprint density at radius 2 is 2.00 bits per heavy atom. The molecule has 2 atom stereocenters. The molecule has 0 aromatic heterocycles. The Labute approximate surface area is 96.7 Å². The summed E-state index contributed by atoms with van der Waals surface area (Å²) in [6.45, 7) is 1.66. The Hall–Kier alpha value is -1.36. The van der Waals surface area contributed by atoms with Crippen LogP contribution < -0.4 is 4.74 Å².